The number of ether oxygens (including phenoxy) is 2. The second kappa shape index (κ2) is 8.24. The van der Waals surface area contributed by atoms with Crippen molar-refractivity contribution in [2.75, 3.05) is 0 Å². The monoisotopic (exact) mass is 413 g/mol. The highest BCUT2D eigenvalue weighted by atomic mass is 16.6. The zero-order chi connectivity index (χ0) is 21.4. The number of rotatable bonds is 5. The largest absolute Gasteiger partial charge is 0.462 e. The van der Waals surface area contributed by atoms with Crippen molar-refractivity contribution in [3.63, 3.8) is 0 Å². The summed E-state index contributed by atoms with van der Waals surface area (Å²) in [5.74, 6) is 0.589. The lowest BCUT2D eigenvalue weighted by Gasteiger charge is -2.39. The number of benzene rings is 1. The van der Waals surface area contributed by atoms with Crippen LogP contribution >= 0.6 is 0 Å². The van der Waals surface area contributed by atoms with Gasteiger partial charge in [0.1, 0.15) is 12.7 Å². The summed E-state index contributed by atoms with van der Waals surface area (Å²) in [6.45, 7) is 7.25. The molecule has 3 aliphatic rings. The fraction of sp³-hybridized carbons (Fsp3) is 0.680. The SMILES string of the molecule is CC1(C)C2CCC1(C)C(OC(=O)C1CCC(NC(=O)OCc3ccccc3)CC1)C2. The van der Waals surface area contributed by atoms with E-state index < -0.39 is 0 Å². The fourth-order valence-electron chi connectivity index (χ4n) is 5.95. The van der Waals surface area contributed by atoms with E-state index in [4.69, 9.17) is 9.47 Å². The van der Waals surface area contributed by atoms with E-state index in [1.807, 2.05) is 30.3 Å². The van der Waals surface area contributed by atoms with E-state index in [1.54, 1.807) is 0 Å². The number of carbonyl (C=O) groups excluding carboxylic acids is 2. The van der Waals surface area contributed by atoms with Crippen molar-refractivity contribution in [3.8, 4) is 0 Å². The lowest BCUT2D eigenvalue weighted by Crippen LogP contribution is -2.41. The van der Waals surface area contributed by atoms with Crippen LogP contribution in [0.2, 0.25) is 0 Å². The molecule has 1 N–H and O–H groups in total. The Kier molecular flexibility index (Phi) is 5.82. The van der Waals surface area contributed by atoms with Crippen LogP contribution in [0.5, 0.6) is 0 Å². The summed E-state index contributed by atoms with van der Waals surface area (Å²) in [6.07, 6.45) is 6.20. The van der Waals surface area contributed by atoms with Gasteiger partial charge in [-0.3, -0.25) is 4.79 Å². The van der Waals surface area contributed by atoms with Crippen molar-refractivity contribution in [2.45, 2.75) is 84.5 Å². The number of hydrogen-bond donors (Lipinski definition) is 1. The minimum Gasteiger partial charge on any atom is -0.462 e. The zero-order valence-electron chi connectivity index (χ0n) is 18.5. The van der Waals surface area contributed by atoms with Gasteiger partial charge in [0.25, 0.3) is 0 Å². The molecule has 0 radical (unpaired) electrons. The Morgan fingerprint density at radius 3 is 2.33 bits per heavy atom. The number of fused-ring (bicyclic) bond motifs is 2. The molecule has 30 heavy (non-hydrogen) atoms. The van der Waals surface area contributed by atoms with Crippen LogP contribution in [0.25, 0.3) is 0 Å². The van der Waals surface area contributed by atoms with Crippen molar-refractivity contribution < 1.29 is 19.1 Å². The number of alkyl carbamates (subject to hydrolysis) is 1. The Morgan fingerprint density at radius 1 is 1.03 bits per heavy atom. The fourth-order valence-corrected chi connectivity index (χ4v) is 5.95. The highest BCUT2D eigenvalue weighted by molar-refractivity contribution is 5.73. The lowest BCUT2D eigenvalue weighted by atomic mass is 9.70. The molecule has 2 bridgehead atoms. The van der Waals surface area contributed by atoms with Crippen molar-refractivity contribution in [3.05, 3.63) is 35.9 Å². The first-order valence-corrected chi connectivity index (χ1v) is 11.5. The standard InChI is InChI=1S/C25H35NO4/c1-24(2)19-13-14-25(24,3)21(15-19)30-22(27)18-9-11-20(12-10-18)26-23(28)29-16-17-7-5-4-6-8-17/h4-8,18-21H,9-16H2,1-3H3,(H,26,28). The first-order chi connectivity index (χ1) is 14.3. The maximum Gasteiger partial charge on any atom is 0.407 e. The molecule has 164 valence electrons. The Labute approximate surface area is 179 Å². The van der Waals surface area contributed by atoms with Crippen LogP contribution in [0.1, 0.15) is 71.3 Å². The number of esters is 1. The van der Waals surface area contributed by atoms with Crippen LogP contribution in [-0.4, -0.2) is 24.2 Å². The highest BCUT2D eigenvalue weighted by Gasteiger charge is 2.63. The first-order valence-electron chi connectivity index (χ1n) is 11.5. The predicted molar refractivity (Wildman–Crippen MR) is 115 cm³/mol. The summed E-state index contributed by atoms with van der Waals surface area (Å²) < 4.78 is 11.4. The molecule has 3 atom stereocenters. The van der Waals surface area contributed by atoms with Gasteiger partial charge >= 0.3 is 12.1 Å². The molecule has 3 unspecified atom stereocenters. The molecular formula is C25H35NO4. The third-order valence-electron chi connectivity index (χ3n) is 8.57. The quantitative estimate of drug-likeness (QED) is 0.671. The van der Waals surface area contributed by atoms with Crippen molar-refractivity contribution >= 4 is 12.1 Å². The van der Waals surface area contributed by atoms with Gasteiger partial charge < -0.3 is 14.8 Å². The van der Waals surface area contributed by atoms with Crippen LogP contribution in [0.15, 0.2) is 30.3 Å². The molecule has 0 heterocycles. The molecule has 3 fully saturated rings. The predicted octanol–water partition coefficient (Wildman–Crippen LogP) is 5.23. The van der Waals surface area contributed by atoms with Gasteiger partial charge in [-0.25, -0.2) is 4.79 Å². The van der Waals surface area contributed by atoms with Gasteiger partial charge in [0.05, 0.1) is 5.92 Å². The summed E-state index contributed by atoms with van der Waals surface area (Å²) in [7, 11) is 0. The van der Waals surface area contributed by atoms with Crippen LogP contribution in [-0.2, 0) is 20.9 Å². The van der Waals surface area contributed by atoms with E-state index in [-0.39, 0.29) is 47.6 Å². The van der Waals surface area contributed by atoms with Crippen LogP contribution in [0, 0.1) is 22.7 Å². The van der Waals surface area contributed by atoms with Crippen LogP contribution in [0.3, 0.4) is 0 Å². The van der Waals surface area contributed by atoms with Gasteiger partial charge in [-0.1, -0.05) is 51.1 Å². The Morgan fingerprint density at radius 2 is 1.73 bits per heavy atom. The summed E-state index contributed by atoms with van der Waals surface area (Å²) in [5.41, 5.74) is 1.32. The molecule has 0 spiro atoms. The summed E-state index contributed by atoms with van der Waals surface area (Å²) in [5, 5.41) is 2.95. The molecule has 5 heteroatoms. The maximum absolute atomic E-state index is 12.8. The van der Waals surface area contributed by atoms with E-state index in [0.29, 0.717) is 5.92 Å². The van der Waals surface area contributed by atoms with E-state index >= 15 is 0 Å². The summed E-state index contributed by atoms with van der Waals surface area (Å²) in [6, 6.07) is 9.72. The average molecular weight is 414 g/mol. The third-order valence-corrected chi connectivity index (χ3v) is 8.57. The van der Waals surface area contributed by atoms with Crippen LogP contribution < -0.4 is 5.32 Å². The first kappa shape index (κ1) is 21.2. The second-order valence-corrected chi connectivity index (χ2v) is 10.3. The number of hydrogen-bond acceptors (Lipinski definition) is 4. The van der Waals surface area contributed by atoms with E-state index in [1.165, 1.54) is 6.42 Å². The van der Waals surface area contributed by atoms with E-state index in [0.717, 1.165) is 44.1 Å². The normalized spacial score (nSPS) is 34.4. The van der Waals surface area contributed by atoms with Gasteiger partial charge in [-0.05, 0) is 61.8 Å². The molecule has 0 saturated heterocycles. The Balaban J connectivity index is 1.20. The Hall–Kier alpha value is -2.04. The lowest BCUT2D eigenvalue weighted by molar-refractivity contribution is -0.163. The number of carbonyl (C=O) groups is 2. The van der Waals surface area contributed by atoms with E-state index in [9.17, 15) is 9.59 Å². The van der Waals surface area contributed by atoms with Gasteiger partial charge in [0.2, 0.25) is 0 Å². The second-order valence-electron chi connectivity index (χ2n) is 10.3. The molecular weight excluding hydrogens is 378 g/mol. The Bertz CT molecular complexity index is 769. The smallest absolute Gasteiger partial charge is 0.407 e. The molecule has 1 amide bonds. The van der Waals surface area contributed by atoms with Gasteiger partial charge in [0, 0.05) is 11.5 Å². The molecule has 3 aliphatic carbocycles. The van der Waals surface area contributed by atoms with Gasteiger partial charge in [0.15, 0.2) is 0 Å². The molecule has 4 rings (SSSR count). The minimum absolute atomic E-state index is 0.0327. The average Bonchev–Trinajstić information content (AvgIpc) is 3.07. The number of amides is 1. The summed E-state index contributed by atoms with van der Waals surface area (Å²) in [4.78, 5) is 24.9. The van der Waals surface area contributed by atoms with Gasteiger partial charge in [-0.2, -0.15) is 0 Å². The molecule has 1 aromatic rings. The molecule has 0 aliphatic heterocycles. The number of nitrogens with one attached hydrogen (secondary N) is 1. The topological polar surface area (TPSA) is 64.6 Å². The van der Waals surface area contributed by atoms with Crippen LogP contribution in [0.4, 0.5) is 4.79 Å². The van der Waals surface area contributed by atoms with Gasteiger partial charge in [-0.15, -0.1) is 0 Å². The molecule has 3 saturated carbocycles. The third kappa shape index (κ3) is 3.95. The highest BCUT2D eigenvalue weighted by Crippen LogP contribution is 2.66. The zero-order valence-corrected chi connectivity index (χ0v) is 18.5. The van der Waals surface area contributed by atoms with Crippen molar-refractivity contribution in [2.24, 2.45) is 22.7 Å². The maximum atomic E-state index is 12.8. The molecule has 5 nitrogen and oxygen atoms in total. The van der Waals surface area contributed by atoms with Crippen molar-refractivity contribution in [1.82, 2.24) is 5.32 Å². The van der Waals surface area contributed by atoms with E-state index in [2.05, 4.69) is 26.1 Å². The van der Waals surface area contributed by atoms with Crippen molar-refractivity contribution in [1.29, 1.82) is 0 Å². The minimum atomic E-state index is -0.387. The molecule has 0 aromatic heterocycles. The molecule has 1 aromatic carbocycles. The summed E-state index contributed by atoms with van der Waals surface area (Å²) >= 11 is 0.